The standard InChI is InChI=1S/C16H15F2NO2/c1-2-11-4-3-5-13(10-11)19-15(20)12-6-8-14(9-7-12)21-16(17)18/h3-10,16H,2H2,1H3,(H,19,20). The molecule has 0 fully saturated rings. The van der Waals surface area contributed by atoms with Gasteiger partial charge in [-0.3, -0.25) is 4.79 Å². The Hall–Kier alpha value is -2.43. The SMILES string of the molecule is CCc1cccc(NC(=O)c2ccc(OC(F)F)cc2)c1. The van der Waals surface area contributed by atoms with Crippen LogP contribution in [-0.4, -0.2) is 12.5 Å². The summed E-state index contributed by atoms with van der Waals surface area (Å²) in [6, 6.07) is 13.1. The van der Waals surface area contributed by atoms with Crippen molar-refractivity contribution >= 4 is 11.6 Å². The predicted molar refractivity (Wildman–Crippen MR) is 76.8 cm³/mol. The number of nitrogens with one attached hydrogen (secondary N) is 1. The first-order valence-corrected chi connectivity index (χ1v) is 6.53. The fraction of sp³-hybridized carbons (Fsp3) is 0.188. The van der Waals surface area contributed by atoms with Crippen LogP contribution in [-0.2, 0) is 6.42 Å². The monoisotopic (exact) mass is 291 g/mol. The summed E-state index contributed by atoms with van der Waals surface area (Å²) < 4.78 is 28.3. The predicted octanol–water partition coefficient (Wildman–Crippen LogP) is 4.10. The van der Waals surface area contributed by atoms with E-state index in [9.17, 15) is 13.6 Å². The van der Waals surface area contributed by atoms with Gasteiger partial charge in [0.2, 0.25) is 0 Å². The first kappa shape index (κ1) is 15.0. The van der Waals surface area contributed by atoms with Crippen LogP contribution in [0, 0.1) is 0 Å². The van der Waals surface area contributed by atoms with Gasteiger partial charge in [0.05, 0.1) is 0 Å². The van der Waals surface area contributed by atoms with E-state index in [1.54, 1.807) is 6.07 Å². The Labute approximate surface area is 121 Å². The van der Waals surface area contributed by atoms with Crippen molar-refractivity contribution in [2.24, 2.45) is 0 Å². The second-order valence-corrected chi connectivity index (χ2v) is 4.41. The lowest BCUT2D eigenvalue weighted by molar-refractivity contribution is -0.0498. The van der Waals surface area contributed by atoms with Crippen molar-refractivity contribution in [3.8, 4) is 5.75 Å². The number of anilines is 1. The average Bonchev–Trinajstić information content (AvgIpc) is 2.47. The van der Waals surface area contributed by atoms with Crippen molar-refractivity contribution in [3.63, 3.8) is 0 Å². The maximum Gasteiger partial charge on any atom is 0.387 e. The van der Waals surface area contributed by atoms with Gasteiger partial charge in [0.1, 0.15) is 5.75 Å². The number of hydrogen-bond donors (Lipinski definition) is 1. The summed E-state index contributed by atoms with van der Waals surface area (Å²) in [7, 11) is 0. The summed E-state index contributed by atoms with van der Waals surface area (Å²) in [6.07, 6.45) is 0.878. The molecule has 0 radical (unpaired) electrons. The van der Waals surface area contributed by atoms with Crippen molar-refractivity contribution in [3.05, 3.63) is 59.7 Å². The third kappa shape index (κ3) is 4.27. The highest BCUT2D eigenvalue weighted by Crippen LogP contribution is 2.17. The average molecular weight is 291 g/mol. The minimum absolute atomic E-state index is 0.0227. The molecule has 0 saturated heterocycles. The van der Waals surface area contributed by atoms with Crippen LogP contribution < -0.4 is 10.1 Å². The van der Waals surface area contributed by atoms with Gasteiger partial charge in [-0.2, -0.15) is 8.78 Å². The van der Waals surface area contributed by atoms with Gasteiger partial charge in [-0.05, 0) is 48.4 Å². The molecule has 5 heteroatoms. The molecule has 2 aromatic carbocycles. The molecule has 3 nitrogen and oxygen atoms in total. The molecule has 2 aromatic rings. The van der Waals surface area contributed by atoms with Crippen LogP contribution in [0.3, 0.4) is 0 Å². The maximum absolute atomic E-state index is 12.0. The first-order valence-electron chi connectivity index (χ1n) is 6.53. The molecule has 0 heterocycles. The van der Waals surface area contributed by atoms with Crippen molar-refractivity contribution < 1.29 is 18.3 Å². The maximum atomic E-state index is 12.0. The second-order valence-electron chi connectivity index (χ2n) is 4.41. The highest BCUT2D eigenvalue weighted by Gasteiger charge is 2.08. The number of amides is 1. The lowest BCUT2D eigenvalue weighted by atomic mass is 10.1. The summed E-state index contributed by atoms with van der Waals surface area (Å²) in [4.78, 5) is 12.0. The molecule has 2 rings (SSSR count). The van der Waals surface area contributed by atoms with E-state index in [2.05, 4.69) is 10.1 Å². The Kier molecular flexibility index (Phi) is 4.87. The molecule has 0 bridgehead atoms. The summed E-state index contributed by atoms with van der Waals surface area (Å²) in [5, 5.41) is 2.77. The van der Waals surface area contributed by atoms with Gasteiger partial charge in [0, 0.05) is 11.3 Å². The second kappa shape index (κ2) is 6.83. The molecule has 0 unspecified atom stereocenters. The van der Waals surface area contributed by atoms with Crippen molar-refractivity contribution in [1.82, 2.24) is 0 Å². The number of rotatable bonds is 5. The Morgan fingerprint density at radius 1 is 1.19 bits per heavy atom. The van der Waals surface area contributed by atoms with E-state index in [1.165, 1.54) is 24.3 Å². The first-order chi connectivity index (χ1) is 10.1. The number of benzene rings is 2. The van der Waals surface area contributed by atoms with E-state index < -0.39 is 6.61 Å². The topological polar surface area (TPSA) is 38.3 Å². The molecule has 0 aliphatic heterocycles. The van der Waals surface area contributed by atoms with Gasteiger partial charge < -0.3 is 10.1 Å². The minimum atomic E-state index is -2.87. The van der Waals surface area contributed by atoms with E-state index in [0.717, 1.165) is 12.0 Å². The molecule has 1 N–H and O–H groups in total. The van der Waals surface area contributed by atoms with Gasteiger partial charge in [0.25, 0.3) is 5.91 Å². The zero-order chi connectivity index (χ0) is 15.2. The molecule has 0 aliphatic carbocycles. The van der Waals surface area contributed by atoms with Crippen molar-refractivity contribution in [1.29, 1.82) is 0 Å². The Bertz CT molecular complexity index is 612. The van der Waals surface area contributed by atoms with Crippen molar-refractivity contribution in [2.45, 2.75) is 20.0 Å². The fourth-order valence-corrected chi connectivity index (χ4v) is 1.86. The molecule has 1 amide bonds. The summed E-state index contributed by atoms with van der Waals surface area (Å²) in [6.45, 7) is -0.843. The van der Waals surface area contributed by atoms with E-state index in [-0.39, 0.29) is 11.7 Å². The lowest BCUT2D eigenvalue weighted by Gasteiger charge is -2.08. The van der Waals surface area contributed by atoms with Gasteiger partial charge >= 0.3 is 6.61 Å². The molecular weight excluding hydrogens is 276 g/mol. The minimum Gasteiger partial charge on any atom is -0.435 e. The number of carbonyl (C=O) groups is 1. The van der Waals surface area contributed by atoms with Crippen LogP contribution in [0.1, 0.15) is 22.8 Å². The number of ether oxygens (including phenoxy) is 1. The van der Waals surface area contributed by atoms with Crippen LogP contribution in [0.25, 0.3) is 0 Å². The highest BCUT2D eigenvalue weighted by atomic mass is 19.3. The molecular formula is C16H15F2NO2. The van der Waals surface area contributed by atoms with Gasteiger partial charge in [0.15, 0.2) is 0 Å². The summed E-state index contributed by atoms with van der Waals surface area (Å²) in [5.41, 5.74) is 2.19. The van der Waals surface area contributed by atoms with Crippen molar-refractivity contribution in [2.75, 3.05) is 5.32 Å². The molecule has 21 heavy (non-hydrogen) atoms. The fourth-order valence-electron chi connectivity index (χ4n) is 1.86. The summed E-state index contributed by atoms with van der Waals surface area (Å²) >= 11 is 0. The molecule has 110 valence electrons. The van der Waals surface area contributed by atoms with Crippen LogP contribution >= 0.6 is 0 Å². The van der Waals surface area contributed by atoms with Crippen LogP contribution in [0.2, 0.25) is 0 Å². The largest absolute Gasteiger partial charge is 0.435 e. The molecule has 0 aromatic heterocycles. The Morgan fingerprint density at radius 2 is 1.90 bits per heavy atom. The van der Waals surface area contributed by atoms with Gasteiger partial charge in [-0.25, -0.2) is 0 Å². The quantitative estimate of drug-likeness (QED) is 0.900. The number of hydrogen-bond acceptors (Lipinski definition) is 2. The molecule has 0 atom stereocenters. The van der Waals surface area contributed by atoms with E-state index in [0.29, 0.717) is 11.3 Å². The number of halogens is 2. The van der Waals surface area contributed by atoms with Crippen LogP contribution in [0.4, 0.5) is 14.5 Å². The van der Waals surface area contributed by atoms with Gasteiger partial charge in [-0.1, -0.05) is 19.1 Å². The van der Waals surface area contributed by atoms with E-state index >= 15 is 0 Å². The zero-order valence-corrected chi connectivity index (χ0v) is 11.5. The Balaban J connectivity index is 2.05. The molecule has 0 saturated carbocycles. The third-order valence-corrected chi connectivity index (χ3v) is 2.93. The normalized spacial score (nSPS) is 10.5. The number of alkyl halides is 2. The lowest BCUT2D eigenvalue weighted by Crippen LogP contribution is -2.12. The molecule has 0 aliphatic rings. The van der Waals surface area contributed by atoms with E-state index in [4.69, 9.17) is 0 Å². The number of aryl methyl sites for hydroxylation is 1. The Morgan fingerprint density at radius 3 is 2.52 bits per heavy atom. The smallest absolute Gasteiger partial charge is 0.387 e. The summed E-state index contributed by atoms with van der Waals surface area (Å²) in [5.74, 6) is -0.276. The van der Waals surface area contributed by atoms with Crippen LogP contribution in [0.15, 0.2) is 48.5 Å². The third-order valence-electron chi connectivity index (χ3n) is 2.93. The zero-order valence-electron chi connectivity index (χ0n) is 11.5. The van der Waals surface area contributed by atoms with Crippen LogP contribution in [0.5, 0.6) is 5.75 Å². The molecule has 0 spiro atoms. The highest BCUT2D eigenvalue weighted by molar-refractivity contribution is 6.04. The van der Waals surface area contributed by atoms with Gasteiger partial charge in [-0.15, -0.1) is 0 Å². The van der Waals surface area contributed by atoms with E-state index in [1.807, 2.05) is 25.1 Å². The number of carbonyl (C=O) groups excluding carboxylic acids is 1.